The van der Waals surface area contributed by atoms with E-state index in [0.717, 1.165) is 11.1 Å². The number of carbonyl (C=O) groups is 1. The van der Waals surface area contributed by atoms with E-state index in [2.05, 4.69) is 0 Å². The van der Waals surface area contributed by atoms with E-state index in [1.165, 1.54) is 24.3 Å². The first-order valence-electron chi connectivity index (χ1n) is 8.36. The van der Waals surface area contributed by atoms with Gasteiger partial charge < -0.3 is 4.74 Å². The summed E-state index contributed by atoms with van der Waals surface area (Å²) in [7, 11) is 0. The molecule has 0 aliphatic rings. The third-order valence-corrected chi connectivity index (χ3v) is 3.91. The van der Waals surface area contributed by atoms with E-state index in [4.69, 9.17) is 4.74 Å². The van der Waals surface area contributed by atoms with E-state index in [9.17, 15) is 14.9 Å². The highest BCUT2D eigenvalue weighted by atomic mass is 16.6. The molecule has 0 heterocycles. The van der Waals surface area contributed by atoms with Crippen molar-refractivity contribution in [3.8, 4) is 5.75 Å². The number of carbonyl (C=O) groups excluding carboxylic acids is 1. The molecule has 0 atom stereocenters. The number of ether oxygens (including phenoxy) is 1. The molecule has 0 N–H and O–H groups in total. The maximum Gasteiger partial charge on any atom is 0.270 e. The van der Waals surface area contributed by atoms with E-state index in [0.29, 0.717) is 12.4 Å². The lowest BCUT2D eigenvalue weighted by Crippen LogP contribution is -1.98. The highest BCUT2D eigenvalue weighted by Gasteiger charge is 2.09. The molecule has 134 valence electrons. The number of nitrogens with zero attached hydrogens (tertiary/aromatic N) is 1. The van der Waals surface area contributed by atoms with E-state index in [1.54, 1.807) is 12.1 Å². The molecule has 0 fully saturated rings. The van der Waals surface area contributed by atoms with Crippen molar-refractivity contribution in [3.05, 3.63) is 112 Å². The normalized spacial score (nSPS) is 10.7. The summed E-state index contributed by atoms with van der Waals surface area (Å²) in [5, 5.41) is 10.8. The maximum atomic E-state index is 12.3. The second-order valence-electron chi connectivity index (χ2n) is 5.82. The van der Waals surface area contributed by atoms with Gasteiger partial charge in [-0.25, -0.2) is 0 Å². The Bertz CT molecular complexity index is 980. The molecule has 0 radical (unpaired) electrons. The van der Waals surface area contributed by atoms with E-state index < -0.39 is 4.92 Å². The van der Waals surface area contributed by atoms with Gasteiger partial charge in [-0.3, -0.25) is 14.9 Å². The third kappa shape index (κ3) is 4.89. The standard InChI is InChI=1S/C22H17NO4/c24-21(19-10-6-11-20(15-19)23(25)26)14-13-18-9-4-5-12-22(18)27-16-17-7-2-1-3-8-17/h1-15H,16H2/b14-13+. The Morgan fingerprint density at radius 3 is 2.48 bits per heavy atom. The van der Waals surface area contributed by atoms with Gasteiger partial charge in [0, 0.05) is 23.3 Å². The number of nitro groups is 1. The van der Waals surface area contributed by atoms with Crippen LogP contribution in [0, 0.1) is 10.1 Å². The summed E-state index contributed by atoms with van der Waals surface area (Å²) in [6, 6.07) is 22.9. The molecular weight excluding hydrogens is 342 g/mol. The summed E-state index contributed by atoms with van der Waals surface area (Å²) in [5.41, 5.74) is 1.96. The Morgan fingerprint density at radius 1 is 0.963 bits per heavy atom. The predicted molar refractivity (Wildman–Crippen MR) is 104 cm³/mol. The Balaban J connectivity index is 1.74. The zero-order valence-corrected chi connectivity index (χ0v) is 14.4. The van der Waals surface area contributed by atoms with Crippen LogP contribution in [-0.2, 0) is 6.61 Å². The molecule has 0 unspecified atom stereocenters. The molecule has 0 saturated heterocycles. The second-order valence-corrected chi connectivity index (χ2v) is 5.82. The van der Waals surface area contributed by atoms with Gasteiger partial charge in [0.25, 0.3) is 5.69 Å². The predicted octanol–water partition coefficient (Wildman–Crippen LogP) is 5.07. The van der Waals surface area contributed by atoms with Crippen LogP contribution in [0.2, 0.25) is 0 Å². The summed E-state index contributed by atoms with van der Waals surface area (Å²) in [5.74, 6) is 0.348. The van der Waals surface area contributed by atoms with E-state index in [1.807, 2.05) is 54.6 Å². The van der Waals surface area contributed by atoms with Gasteiger partial charge in [-0.15, -0.1) is 0 Å². The first kappa shape index (κ1) is 18.1. The third-order valence-electron chi connectivity index (χ3n) is 3.91. The van der Waals surface area contributed by atoms with Crippen LogP contribution < -0.4 is 4.74 Å². The Hall–Kier alpha value is -3.73. The number of hydrogen-bond donors (Lipinski definition) is 0. The molecule has 3 rings (SSSR count). The number of nitro benzene ring substituents is 1. The Labute approximate surface area is 156 Å². The molecule has 27 heavy (non-hydrogen) atoms. The number of benzene rings is 3. The first-order valence-corrected chi connectivity index (χ1v) is 8.36. The van der Waals surface area contributed by atoms with Gasteiger partial charge in [-0.2, -0.15) is 0 Å². The van der Waals surface area contributed by atoms with Crippen molar-refractivity contribution < 1.29 is 14.5 Å². The monoisotopic (exact) mass is 359 g/mol. The molecule has 0 bridgehead atoms. The summed E-state index contributed by atoms with van der Waals surface area (Å²) in [4.78, 5) is 22.7. The van der Waals surface area contributed by atoms with Crippen LogP contribution in [0.1, 0.15) is 21.5 Å². The van der Waals surface area contributed by atoms with Crippen molar-refractivity contribution in [3.63, 3.8) is 0 Å². The molecule has 0 amide bonds. The molecule has 0 saturated carbocycles. The molecule has 0 aliphatic carbocycles. The van der Waals surface area contributed by atoms with Crippen molar-refractivity contribution in [1.29, 1.82) is 0 Å². The minimum absolute atomic E-state index is 0.110. The van der Waals surface area contributed by atoms with Gasteiger partial charge in [-0.1, -0.05) is 60.7 Å². The number of ketones is 1. The quantitative estimate of drug-likeness (QED) is 0.256. The summed E-state index contributed by atoms with van der Waals surface area (Å²) in [6.07, 6.45) is 3.05. The lowest BCUT2D eigenvalue weighted by Gasteiger charge is -2.09. The lowest BCUT2D eigenvalue weighted by atomic mass is 10.1. The molecule has 3 aromatic carbocycles. The van der Waals surface area contributed by atoms with Crippen molar-refractivity contribution in [2.45, 2.75) is 6.61 Å². The molecule has 3 aromatic rings. The van der Waals surface area contributed by atoms with Crippen LogP contribution in [0.4, 0.5) is 5.69 Å². The molecule has 0 aromatic heterocycles. The fourth-order valence-corrected chi connectivity index (χ4v) is 2.52. The second kappa shape index (κ2) is 8.58. The van der Waals surface area contributed by atoms with Gasteiger partial charge in [0.05, 0.1) is 4.92 Å². The Morgan fingerprint density at radius 2 is 1.70 bits per heavy atom. The van der Waals surface area contributed by atoms with Crippen molar-refractivity contribution in [2.75, 3.05) is 0 Å². The van der Waals surface area contributed by atoms with E-state index in [-0.39, 0.29) is 17.0 Å². The molecule has 0 aliphatic heterocycles. The fraction of sp³-hybridized carbons (Fsp3) is 0.0455. The SMILES string of the molecule is O=C(/C=C/c1ccccc1OCc1ccccc1)c1cccc([N+](=O)[O-])c1. The number of para-hydroxylation sites is 1. The molecule has 5 heteroatoms. The topological polar surface area (TPSA) is 69.4 Å². The van der Waals surface area contributed by atoms with Crippen LogP contribution in [0.3, 0.4) is 0 Å². The van der Waals surface area contributed by atoms with Crippen LogP contribution in [-0.4, -0.2) is 10.7 Å². The highest BCUT2D eigenvalue weighted by molar-refractivity contribution is 6.07. The van der Waals surface area contributed by atoms with Crippen molar-refractivity contribution in [2.24, 2.45) is 0 Å². The minimum Gasteiger partial charge on any atom is -0.488 e. The van der Waals surface area contributed by atoms with Gasteiger partial charge in [0.15, 0.2) is 5.78 Å². The average molecular weight is 359 g/mol. The zero-order valence-electron chi connectivity index (χ0n) is 14.4. The average Bonchev–Trinajstić information content (AvgIpc) is 2.72. The molecule has 5 nitrogen and oxygen atoms in total. The lowest BCUT2D eigenvalue weighted by molar-refractivity contribution is -0.384. The van der Waals surface area contributed by atoms with Crippen molar-refractivity contribution in [1.82, 2.24) is 0 Å². The minimum atomic E-state index is -0.521. The van der Waals surface area contributed by atoms with Crippen LogP contribution >= 0.6 is 0 Å². The van der Waals surface area contributed by atoms with E-state index >= 15 is 0 Å². The first-order chi connectivity index (χ1) is 13.1. The highest BCUT2D eigenvalue weighted by Crippen LogP contribution is 2.21. The van der Waals surface area contributed by atoms with Gasteiger partial charge >= 0.3 is 0 Å². The van der Waals surface area contributed by atoms with Gasteiger partial charge in [-0.05, 0) is 23.8 Å². The summed E-state index contributed by atoms with van der Waals surface area (Å²) in [6.45, 7) is 0.421. The number of hydrogen-bond acceptors (Lipinski definition) is 4. The Kier molecular flexibility index (Phi) is 5.74. The van der Waals surface area contributed by atoms with Crippen LogP contribution in [0.15, 0.2) is 84.9 Å². The van der Waals surface area contributed by atoms with Gasteiger partial charge in [0.1, 0.15) is 12.4 Å². The maximum absolute atomic E-state index is 12.3. The van der Waals surface area contributed by atoms with Crippen molar-refractivity contribution >= 4 is 17.5 Å². The molecular formula is C22H17NO4. The zero-order chi connectivity index (χ0) is 19.1. The van der Waals surface area contributed by atoms with Gasteiger partial charge in [0.2, 0.25) is 0 Å². The van der Waals surface area contributed by atoms with Crippen LogP contribution in [0.25, 0.3) is 6.08 Å². The fourth-order valence-electron chi connectivity index (χ4n) is 2.52. The molecule has 0 spiro atoms. The smallest absolute Gasteiger partial charge is 0.270 e. The van der Waals surface area contributed by atoms with Crippen LogP contribution in [0.5, 0.6) is 5.75 Å². The summed E-state index contributed by atoms with van der Waals surface area (Å²) >= 11 is 0. The number of rotatable bonds is 7. The summed E-state index contributed by atoms with van der Waals surface area (Å²) < 4.78 is 5.86. The number of allylic oxidation sites excluding steroid dienone is 1. The number of non-ortho nitro benzene ring substituents is 1. The largest absolute Gasteiger partial charge is 0.488 e.